The fraction of sp³-hybridized carbons (Fsp3) is 0.696. The molecule has 2 aliphatic heterocycles. The lowest BCUT2D eigenvalue weighted by Gasteiger charge is -2.39. The molecule has 5 nitrogen and oxygen atoms in total. The highest BCUT2D eigenvalue weighted by atomic mass is 127. The molecule has 0 saturated carbocycles. The minimum atomic E-state index is -4.35. The van der Waals surface area contributed by atoms with Gasteiger partial charge in [-0.25, -0.2) is 0 Å². The predicted octanol–water partition coefficient (Wildman–Crippen LogP) is 4.41. The molecular weight excluding hydrogens is 532 g/mol. The molecule has 32 heavy (non-hydrogen) atoms. The number of benzene rings is 1. The molecule has 3 rings (SSSR count). The minimum Gasteiger partial charge on any atom is -0.381 e. The van der Waals surface area contributed by atoms with Gasteiger partial charge in [-0.2, -0.15) is 13.2 Å². The van der Waals surface area contributed by atoms with Crippen molar-refractivity contribution in [1.29, 1.82) is 0 Å². The standard InChI is InChI=1S/C23H35F3N4O.HI/c1-17(2)30-11-7-20(8-12-30)29-21(27-3)28-16-22(9-13-31-14-10-22)18-5-4-6-19(15-18)23(24,25)26;/h4-6,15,17,20H,7-14,16H2,1-3H3,(H2,27,28,29);1H. The Kier molecular flexibility index (Phi) is 10.1. The predicted molar refractivity (Wildman–Crippen MR) is 133 cm³/mol. The molecule has 0 bridgehead atoms. The summed E-state index contributed by atoms with van der Waals surface area (Å²) in [7, 11) is 1.74. The smallest absolute Gasteiger partial charge is 0.381 e. The summed E-state index contributed by atoms with van der Waals surface area (Å²) in [5.41, 5.74) is -0.313. The lowest BCUT2D eigenvalue weighted by molar-refractivity contribution is -0.137. The van der Waals surface area contributed by atoms with Gasteiger partial charge in [-0.3, -0.25) is 4.99 Å². The van der Waals surface area contributed by atoms with E-state index in [0.29, 0.717) is 56.2 Å². The highest BCUT2D eigenvalue weighted by Gasteiger charge is 2.37. The first-order valence-electron chi connectivity index (χ1n) is 11.2. The van der Waals surface area contributed by atoms with E-state index in [1.165, 1.54) is 12.1 Å². The number of nitrogens with zero attached hydrogens (tertiary/aromatic N) is 2. The van der Waals surface area contributed by atoms with Crippen LogP contribution in [0, 0.1) is 0 Å². The molecule has 2 aliphatic rings. The second-order valence-electron chi connectivity index (χ2n) is 8.95. The fourth-order valence-corrected chi connectivity index (χ4v) is 4.56. The number of likely N-dealkylation sites (tertiary alicyclic amines) is 1. The Morgan fingerprint density at radius 1 is 1.22 bits per heavy atom. The highest BCUT2D eigenvalue weighted by Crippen LogP contribution is 2.37. The van der Waals surface area contributed by atoms with E-state index in [1.807, 2.05) is 0 Å². The van der Waals surface area contributed by atoms with Crippen LogP contribution in [0.3, 0.4) is 0 Å². The van der Waals surface area contributed by atoms with E-state index in [1.54, 1.807) is 13.1 Å². The molecule has 9 heteroatoms. The van der Waals surface area contributed by atoms with Gasteiger partial charge in [0.05, 0.1) is 5.56 Å². The largest absolute Gasteiger partial charge is 0.416 e. The number of aliphatic imine (C=N–C) groups is 1. The maximum Gasteiger partial charge on any atom is 0.416 e. The van der Waals surface area contributed by atoms with Crippen molar-refractivity contribution in [2.75, 3.05) is 39.9 Å². The molecule has 1 aromatic rings. The Morgan fingerprint density at radius 2 is 1.88 bits per heavy atom. The quantitative estimate of drug-likeness (QED) is 0.314. The lowest BCUT2D eigenvalue weighted by Crippen LogP contribution is -2.52. The van der Waals surface area contributed by atoms with Crippen LogP contribution in [0.15, 0.2) is 29.3 Å². The average Bonchev–Trinajstić information content (AvgIpc) is 2.77. The maximum atomic E-state index is 13.3. The van der Waals surface area contributed by atoms with Gasteiger partial charge in [0.25, 0.3) is 0 Å². The molecule has 0 unspecified atom stereocenters. The number of rotatable bonds is 5. The first-order chi connectivity index (χ1) is 14.7. The first-order valence-corrected chi connectivity index (χ1v) is 11.2. The van der Waals surface area contributed by atoms with Crippen molar-refractivity contribution in [1.82, 2.24) is 15.5 Å². The molecule has 0 aliphatic carbocycles. The monoisotopic (exact) mass is 568 g/mol. The van der Waals surface area contributed by atoms with Gasteiger partial charge in [0, 0.05) is 57.4 Å². The summed E-state index contributed by atoms with van der Waals surface area (Å²) in [4.78, 5) is 6.84. The summed E-state index contributed by atoms with van der Waals surface area (Å²) in [5.74, 6) is 0.709. The lowest BCUT2D eigenvalue weighted by atomic mass is 9.73. The summed E-state index contributed by atoms with van der Waals surface area (Å²) in [6.45, 7) is 8.14. The third-order valence-electron chi connectivity index (χ3n) is 6.67. The second kappa shape index (κ2) is 11.9. The van der Waals surface area contributed by atoms with E-state index in [9.17, 15) is 13.2 Å². The molecule has 1 aromatic carbocycles. The second-order valence-corrected chi connectivity index (χ2v) is 8.95. The van der Waals surface area contributed by atoms with E-state index in [0.717, 1.165) is 32.0 Å². The van der Waals surface area contributed by atoms with E-state index >= 15 is 0 Å². The van der Waals surface area contributed by atoms with Gasteiger partial charge in [-0.15, -0.1) is 24.0 Å². The zero-order chi connectivity index (χ0) is 22.5. The third-order valence-corrected chi connectivity index (χ3v) is 6.67. The van der Waals surface area contributed by atoms with Crippen molar-refractivity contribution in [2.45, 2.75) is 63.2 Å². The van der Waals surface area contributed by atoms with Crippen molar-refractivity contribution in [3.05, 3.63) is 35.4 Å². The van der Waals surface area contributed by atoms with Gasteiger partial charge >= 0.3 is 6.18 Å². The number of alkyl halides is 3. The molecule has 0 spiro atoms. The summed E-state index contributed by atoms with van der Waals surface area (Å²) in [6, 6.07) is 6.64. The zero-order valence-electron chi connectivity index (χ0n) is 19.2. The van der Waals surface area contributed by atoms with Gasteiger partial charge in [0.1, 0.15) is 0 Å². The van der Waals surface area contributed by atoms with E-state index in [-0.39, 0.29) is 24.0 Å². The maximum absolute atomic E-state index is 13.3. The molecule has 0 aromatic heterocycles. The van der Waals surface area contributed by atoms with Crippen LogP contribution in [0.1, 0.15) is 50.7 Å². The van der Waals surface area contributed by atoms with Crippen molar-refractivity contribution in [3.8, 4) is 0 Å². The SMILES string of the molecule is CN=C(NCC1(c2cccc(C(F)(F)F)c2)CCOCC1)NC1CCN(C(C)C)CC1.I. The number of nitrogens with one attached hydrogen (secondary N) is 2. The zero-order valence-corrected chi connectivity index (χ0v) is 21.5. The number of ether oxygens (including phenoxy) is 1. The van der Waals surface area contributed by atoms with Crippen molar-refractivity contribution < 1.29 is 17.9 Å². The van der Waals surface area contributed by atoms with Crippen LogP contribution in [-0.2, 0) is 16.3 Å². The van der Waals surface area contributed by atoms with Gasteiger partial charge in [-0.05, 0) is 51.2 Å². The number of guanidine groups is 1. The van der Waals surface area contributed by atoms with Crippen LogP contribution in [0.4, 0.5) is 13.2 Å². The summed E-state index contributed by atoms with van der Waals surface area (Å²) in [5, 5.41) is 6.92. The number of piperidine rings is 1. The number of hydrogen-bond acceptors (Lipinski definition) is 3. The van der Waals surface area contributed by atoms with E-state index in [4.69, 9.17) is 4.74 Å². The number of halogens is 4. The van der Waals surface area contributed by atoms with E-state index in [2.05, 4.69) is 34.4 Å². The minimum absolute atomic E-state index is 0. The summed E-state index contributed by atoms with van der Waals surface area (Å²) in [6.07, 6.45) is -0.911. The molecule has 182 valence electrons. The van der Waals surface area contributed by atoms with Crippen LogP contribution in [0.25, 0.3) is 0 Å². The Balaban J connectivity index is 0.00000363. The Bertz CT molecular complexity index is 743. The van der Waals surface area contributed by atoms with Crippen molar-refractivity contribution in [2.24, 2.45) is 4.99 Å². The van der Waals surface area contributed by atoms with Gasteiger partial charge in [0.2, 0.25) is 0 Å². The average molecular weight is 568 g/mol. The Labute approximate surface area is 206 Å². The van der Waals surface area contributed by atoms with Crippen LogP contribution < -0.4 is 10.6 Å². The molecule has 2 N–H and O–H groups in total. The number of hydrogen-bond donors (Lipinski definition) is 2. The third kappa shape index (κ3) is 6.96. The van der Waals surface area contributed by atoms with Crippen LogP contribution >= 0.6 is 24.0 Å². The molecular formula is C23H36F3IN4O. The van der Waals surface area contributed by atoms with Crippen LogP contribution in [0.2, 0.25) is 0 Å². The van der Waals surface area contributed by atoms with E-state index < -0.39 is 17.2 Å². The first kappa shape index (κ1) is 27.2. The van der Waals surface area contributed by atoms with Crippen molar-refractivity contribution >= 4 is 29.9 Å². The Morgan fingerprint density at radius 3 is 2.44 bits per heavy atom. The summed E-state index contributed by atoms with van der Waals surface area (Å²) < 4.78 is 45.4. The van der Waals surface area contributed by atoms with Crippen LogP contribution in [-0.4, -0.2) is 62.8 Å². The van der Waals surface area contributed by atoms with Gasteiger partial charge < -0.3 is 20.3 Å². The van der Waals surface area contributed by atoms with Crippen LogP contribution in [0.5, 0.6) is 0 Å². The molecule has 2 fully saturated rings. The summed E-state index contributed by atoms with van der Waals surface area (Å²) >= 11 is 0. The Hall–Kier alpha value is -1.07. The highest BCUT2D eigenvalue weighted by molar-refractivity contribution is 14.0. The topological polar surface area (TPSA) is 48.9 Å². The van der Waals surface area contributed by atoms with Gasteiger partial charge in [0.15, 0.2) is 5.96 Å². The molecule has 0 atom stereocenters. The molecule has 0 radical (unpaired) electrons. The molecule has 2 saturated heterocycles. The fourth-order valence-electron chi connectivity index (χ4n) is 4.56. The molecule has 0 amide bonds. The molecule has 2 heterocycles. The normalized spacial score (nSPS) is 20.7. The van der Waals surface area contributed by atoms with Gasteiger partial charge in [-0.1, -0.05) is 18.2 Å². The van der Waals surface area contributed by atoms with Crippen molar-refractivity contribution in [3.63, 3.8) is 0 Å².